The van der Waals surface area contributed by atoms with Crippen molar-refractivity contribution in [2.45, 2.75) is 18.9 Å². The Labute approximate surface area is 133 Å². The topological polar surface area (TPSA) is 57.6 Å². The maximum atomic E-state index is 12.7. The fraction of sp³-hybridized carbons (Fsp3) is 0.294. The molecular formula is C17H17NO3S. The first-order valence-electron chi connectivity index (χ1n) is 7.31. The third-order valence-electron chi connectivity index (χ3n) is 3.90. The second-order valence-corrected chi connectivity index (χ2v) is 6.32. The highest BCUT2D eigenvalue weighted by Gasteiger charge is 2.25. The summed E-state index contributed by atoms with van der Waals surface area (Å²) < 4.78 is 0. The molecule has 1 aromatic carbocycles. The first kappa shape index (κ1) is 14.9. The van der Waals surface area contributed by atoms with E-state index in [9.17, 15) is 14.7 Å². The molecule has 0 aliphatic carbocycles. The first-order chi connectivity index (χ1) is 10.7. The normalized spacial score (nSPS) is 15.8. The number of aliphatic hydroxyl groups excluding tert-OH is 1. The van der Waals surface area contributed by atoms with Crippen molar-refractivity contribution in [3.05, 3.63) is 57.8 Å². The maximum absolute atomic E-state index is 12.7. The van der Waals surface area contributed by atoms with E-state index in [1.54, 1.807) is 35.2 Å². The van der Waals surface area contributed by atoms with Gasteiger partial charge in [0.2, 0.25) is 5.78 Å². The van der Waals surface area contributed by atoms with Crippen LogP contribution in [0.5, 0.6) is 0 Å². The number of piperidine rings is 1. The smallest absolute Gasteiger partial charge is 0.254 e. The Morgan fingerprint density at radius 2 is 1.73 bits per heavy atom. The Balaban J connectivity index is 1.88. The Kier molecular flexibility index (Phi) is 4.36. The van der Waals surface area contributed by atoms with Gasteiger partial charge in [0.05, 0.1) is 16.5 Å². The number of hydrogen-bond donors (Lipinski definition) is 1. The van der Waals surface area contributed by atoms with Gasteiger partial charge in [-0.1, -0.05) is 24.3 Å². The van der Waals surface area contributed by atoms with Gasteiger partial charge in [0.15, 0.2) is 0 Å². The minimum Gasteiger partial charge on any atom is -0.393 e. The van der Waals surface area contributed by atoms with Crippen molar-refractivity contribution in [2.75, 3.05) is 13.1 Å². The van der Waals surface area contributed by atoms with Gasteiger partial charge in [-0.15, -0.1) is 11.3 Å². The largest absolute Gasteiger partial charge is 0.393 e. The van der Waals surface area contributed by atoms with E-state index in [0.29, 0.717) is 41.9 Å². The highest BCUT2D eigenvalue weighted by molar-refractivity contribution is 7.12. The highest BCUT2D eigenvalue weighted by atomic mass is 32.1. The van der Waals surface area contributed by atoms with Crippen LogP contribution in [0, 0.1) is 0 Å². The minimum absolute atomic E-state index is 0.115. The summed E-state index contributed by atoms with van der Waals surface area (Å²) in [6, 6.07) is 10.6. The lowest BCUT2D eigenvalue weighted by atomic mass is 10.00. The predicted octanol–water partition coefficient (Wildman–Crippen LogP) is 2.58. The zero-order chi connectivity index (χ0) is 15.5. The number of amides is 1. The molecule has 2 heterocycles. The summed E-state index contributed by atoms with van der Waals surface area (Å²) in [6.45, 7) is 1.06. The molecule has 0 radical (unpaired) electrons. The molecule has 4 nitrogen and oxygen atoms in total. The highest BCUT2D eigenvalue weighted by Crippen LogP contribution is 2.21. The Morgan fingerprint density at radius 1 is 1.05 bits per heavy atom. The van der Waals surface area contributed by atoms with Crippen LogP contribution >= 0.6 is 11.3 Å². The van der Waals surface area contributed by atoms with E-state index in [2.05, 4.69) is 0 Å². The summed E-state index contributed by atoms with van der Waals surface area (Å²) in [7, 11) is 0. The fourth-order valence-electron chi connectivity index (χ4n) is 2.65. The first-order valence-corrected chi connectivity index (χ1v) is 8.19. The van der Waals surface area contributed by atoms with Crippen LogP contribution in [0.4, 0.5) is 0 Å². The standard InChI is InChI=1S/C17H17NO3S/c19-12-7-9-18(10-8-12)17(21)14-5-2-1-4-13(14)16(20)15-6-3-11-22-15/h1-6,11-12,19H,7-10H2. The lowest BCUT2D eigenvalue weighted by Gasteiger charge is -2.30. The minimum atomic E-state index is -0.327. The molecule has 1 aromatic heterocycles. The molecule has 2 aromatic rings. The molecule has 0 saturated carbocycles. The van der Waals surface area contributed by atoms with Gasteiger partial charge in [-0.2, -0.15) is 0 Å². The van der Waals surface area contributed by atoms with Crippen LogP contribution < -0.4 is 0 Å². The summed E-state index contributed by atoms with van der Waals surface area (Å²) in [4.78, 5) is 27.6. The molecule has 1 N–H and O–H groups in total. The number of benzene rings is 1. The molecule has 1 fully saturated rings. The number of ketones is 1. The van der Waals surface area contributed by atoms with Crippen molar-refractivity contribution in [1.29, 1.82) is 0 Å². The molecule has 5 heteroatoms. The van der Waals surface area contributed by atoms with Crippen LogP contribution in [0.15, 0.2) is 41.8 Å². The Hall–Kier alpha value is -1.98. The number of nitrogens with zero attached hydrogens (tertiary/aromatic N) is 1. The van der Waals surface area contributed by atoms with Crippen molar-refractivity contribution in [2.24, 2.45) is 0 Å². The second-order valence-electron chi connectivity index (χ2n) is 5.38. The number of thiophene rings is 1. The van der Waals surface area contributed by atoms with Crippen LogP contribution in [-0.4, -0.2) is 40.9 Å². The van der Waals surface area contributed by atoms with Crippen LogP contribution in [-0.2, 0) is 0 Å². The molecule has 1 amide bonds. The molecule has 1 aliphatic heterocycles. The Bertz CT molecular complexity index is 673. The number of rotatable bonds is 3. The maximum Gasteiger partial charge on any atom is 0.254 e. The third-order valence-corrected chi connectivity index (χ3v) is 4.77. The van der Waals surface area contributed by atoms with Crippen molar-refractivity contribution < 1.29 is 14.7 Å². The van der Waals surface area contributed by atoms with Crippen LogP contribution in [0.3, 0.4) is 0 Å². The average Bonchev–Trinajstić information content (AvgIpc) is 3.09. The van der Waals surface area contributed by atoms with Crippen molar-refractivity contribution in [1.82, 2.24) is 4.90 Å². The van der Waals surface area contributed by atoms with E-state index in [4.69, 9.17) is 0 Å². The molecule has 0 atom stereocenters. The van der Waals surface area contributed by atoms with Gasteiger partial charge in [-0.3, -0.25) is 9.59 Å². The average molecular weight is 315 g/mol. The van der Waals surface area contributed by atoms with E-state index in [1.807, 2.05) is 11.4 Å². The molecule has 22 heavy (non-hydrogen) atoms. The van der Waals surface area contributed by atoms with Gasteiger partial charge in [-0.25, -0.2) is 0 Å². The summed E-state index contributed by atoms with van der Waals surface area (Å²) in [6.07, 6.45) is 0.853. The van der Waals surface area contributed by atoms with Crippen LogP contribution in [0.2, 0.25) is 0 Å². The van der Waals surface area contributed by atoms with Gasteiger partial charge < -0.3 is 10.0 Å². The molecule has 1 saturated heterocycles. The second kappa shape index (κ2) is 6.42. The van der Waals surface area contributed by atoms with E-state index in [1.165, 1.54) is 11.3 Å². The fourth-order valence-corrected chi connectivity index (χ4v) is 3.33. The summed E-state index contributed by atoms with van der Waals surface area (Å²) in [5.41, 5.74) is 0.887. The van der Waals surface area contributed by atoms with Gasteiger partial charge in [0, 0.05) is 18.7 Å². The Morgan fingerprint density at radius 3 is 2.36 bits per heavy atom. The predicted molar refractivity (Wildman–Crippen MR) is 85.3 cm³/mol. The quantitative estimate of drug-likeness (QED) is 0.886. The molecule has 0 unspecified atom stereocenters. The molecule has 1 aliphatic rings. The third kappa shape index (κ3) is 2.96. The number of hydrogen-bond acceptors (Lipinski definition) is 4. The number of carbonyl (C=O) groups excluding carboxylic acids is 2. The van der Waals surface area contributed by atoms with Gasteiger partial charge in [-0.05, 0) is 30.4 Å². The summed E-state index contributed by atoms with van der Waals surface area (Å²) in [5, 5.41) is 11.4. The van der Waals surface area contributed by atoms with Crippen LogP contribution in [0.25, 0.3) is 0 Å². The number of aliphatic hydroxyl groups is 1. The van der Waals surface area contributed by atoms with E-state index in [-0.39, 0.29) is 17.8 Å². The summed E-state index contributed by atoms with van der Waals surface area (Å²) in [5.74, 6) is -0.247. The lowest BCUT2D eigenvalue weighted by Crippen LogP contribution is -2.40. The molecule has 3 rings (SSSR count). The van der Waals surface area contributed by atoms with Gasteiger partial charge in [0.25, 0.3) is 5.91 Å². The molecule has 0 bridgehead atoms. The lowest BCUT2D eigenvalue weighted by molar-refractivity contribution is 0.0544. The van der Waals surface area contributed by atoms with Crippen molar-refractivity contribution >= 4 is 23.0 Å². The zero-order valence-corrected chi connectivity index (χ0v) is 12.9. The van der Waals surface area contributed by atoms with Crippen molar-refractivity contribution in [3.63, 3.8) is 0 Å². The molecule has 0 spiro atoms. The van der Waals surface area contributed by atoms with Crippen LogP contribution in [0.1, 0.15) is 38.4 Å². The number of likely N-dealkylation sites (tertiary alicyclic amines) is 1. The SMILES string of the molecule is O=C(c1cccs1)c1ccccc1C(=O)N1CCC(O)CC1. The summed E-state index contributed by atoms with van der Waals surface area (Å²) >= 11 is 1.37. The van der Waals surface area contributed by atoms with E-state index < -0.39 is 0 Å². The van der Waals surface area contributed by atoms with Crippen molar-refractivity contribution in [3.8, 4) is 0 Å². The van der Waals surface area contributed by atoms with Gasteiger partial charge >= 0.3 is 0 Å². The number of carbonyl (C=O) groups is 2. The van der Waals surface area contributed by atoms with E-state index >= 15 is 0 Å². The molecular weight excluding hydrogens is 298 g/mol. The monoisotopic (exact) mass is 315 g/mol. The molecule has 114 valence electrons. The zero-order valence-electron chi connectivity index (χ0n) is 12.1. The van der Waals surface area contributed by atoms with Gasteiger partial charge in [0.1, 0.15) is 0 Å². The van der Waals surface area contributed by atoms with E-state index in [0.717, 1.165) is 0 Å².